The van der Waals surface area contributed by atoms with Crippen LogP contribution in [0.4, 0.5) is 10.3 Å². The summed E-state index contributed by atoms with van der Waals surface area (Å²) < 4.78 is 12.7. The van der Waals surface area contributed by atoms with Crippen LogP contribution in [0.25, 0.3) is 0 Å². The second-order valence-electron chi connectivity index (χ2n) is 3.05. The van der Waals surface area contributed by atoms with Gasteiger partial charge in [-0.25, -0.2) is 9.37 Å². The van der Waals surface area contributed by atoms with Crippen LogP contribution in [0.1, 0.15) is 10.4 Å². The Morgan fingerprint density at radius 2 is 2.31 bits per heavy atom. The minimum Gasteiger partial charge on any atom is -0.507 e. The number of aromatic nitrogens is 2. The Hall–Kier alpha value is -2.37. The van der Waals surface area contributed by atoms with Gasteiger partial charge in [-0.2, -0.15) is 0 Å². The van der Waals surface area contributed by atoms with Gasteiger partial charge in [0.2, 0.25) is 5.95 Å². The summed E-state index contributed by atoms with van der Waals surface area (Å²) in [5, 5.41) is 11.8. The first-order valence-electron chi connectivity index (χ1n) is 4.46. The number of phenols is 1. The standard InChI is InChI=1S/C10H8FN3O2/c11-6-1-2-7(8(15)5-6)9(16)14-10-12-3-4-13-10/h1-5,15H,(H2,12,13,14,16). The highest BCUT2D eigenvalue weighted by Crippen LogP contribution is 2.18. The smallest absolute Gasteiger partial charge is 0.261 e. The number of carbonyl (C=O) groups excluding carboxylic acids is 1. The highest BCUT2D eigenvalue weighted by molar-refractivity contribution is 6.05. The van der Waals surface area contributed by atoms with Crippen molar-refractivity contribution in [3.63, 3.8) is 0 Å². The molecular weight excluding hydrogens is 213 g/mol. The van der Waals surface area contributed by atoms with Crippen molar-refractivity contribution < 1.29 is 14.3 Å². The van der Waals surface area contributed by atoms with Gasteiger partial charge in [-0.15, -0.1) is 0 Å². The number of hydrogen-bond donors (Lipinski definition) is 3. The summed E-state index contributed by atoms with van der Waals surface area (Å²) in [6.45, 7) is 0. The van der Waals surface area contributed by atoms with Gasteiger partial charge in [0, 0.05) is 18.5 Å². The molecule has 1 heterocycles. The number of amides is 1. The van der Waals surface area contributed by atoms with E-state index in [0.29, 0.717) is 0 Å². The number of nitrogens with one attached hydrogen (secondary N) is 2. The summed E-state index contributed by atoms with van der Waals surface area (Å²) in [5.74, 6) is -1.32. The Kier molecular flexibility index (Phi) is 2.55. The molecule has 2 rings (SSSR count). The van der Waals surface area contributed by atoms with Crippen LogP contribution in [-0.2, 0) is 0 Å². The maximum absolute atomic E-state index is 12.7. The van der Waals surface area contributed by atoms with Gasteiger partial charge in [0.15, 0.2) is 0 Å². The minimum absolute atomic E-state index is 0.0159. The molecule has 0 unspecified atom stereocenters. The van der Waals surface area contributed by atoms with Gasteiger partial charge in [-0.1, -0.05) is 0 Å². The third-order valence-electron chi connectivity index (χ3n) is 1.93. The maximum atomic E-state index is 12.7. The number of aromatic amines is 1. The van der Waals surface area contributed by atoms with Crippen molar-refractivity contribution in [1.29, 1.82) is 0 Å². The van der Waals surface area contributed by atoms with E-state index in [9.17, 15) is 14.3 Å². The highest BCUT2D eigenvalue weighted by Gasteiger charge is 2.12. The number of imidazole rings is 1. The molecule has 2 aromatic rings. The fraction of sp³-hybridized carbons (Fsp3) is 0. The van der Waals surface area contributed by atoms with Crippen LogP contribution in [0.2, 0.25) is 0 Å². The lowest BCUT2D eigenvalue weighted by Gasteiger charge is -2.04. The van der Waals surface area contributed by atoms with E-state index in [4.69, 9.17) is 0 Å². The molecule has 1 aromatic heterocycles. The number of halogens is 1. The molecule has 0 aliphatic carbocycles. The zero-order valence-electron chi connectivity index (χ0n) is 8.07. The second kappa shape index (κ2) is 4.01. The van der Waals surface area contributed by atoms with Crippen molar-refractivity contribution in [2.45, 2.75) is 0 Å². The maximum Gasteiger partial charge on any atom is 0.261 e. The number of carbonyl (C=O) groups is 1. The number of anilines is 1. The number of aromatic hydroxyl groups is 1. The average Bonchev–Trinajstić information content (AvgIpc) is 2.70. The van der Waals surface area contributed by atoms with E-state index in [0.717, 1.165) is 12.1 Å². The van der Waals surface area contributed by atoms with Crippen LogP contribution in [0.3, 0.4) is 0 Å². The van der Waals surface area contributed by atoms with Crippen molar-refractivity contribution in [3.05, 3.63) is 42.0 Å². The Balaban J connectivity index is 2.21. The van der Waals surface area contributed by atoms with Crippen molar-refractivity contribution in [2.24, 2.45) is 0 Å². The van der Waals surface area contributed by atoms with Gasteiger partial charge in [-0.3, -0.25) is 10.1 Å². The lowest BCUT2D eigenvalue weighted by atomic mass is 10.2. The number of nitrogens with zero attached hydrogens (tertiary/aromatic N) is 1. The molecule has 0 saturated carbocycles. The zero-order chi connectivity index (χ0) is 11.5. The van der Waals surface area contributed by atoms with Crippen LogP contribution in [0, 0.1) is 5.82 Å². The van der Waals surface area contributed by atoms with Crippen LogP contribution < -0.4 is 5.32 Å². The van der Waals surface area contributed by atoms with E-state index in [-0.39, 0.29) is 11.5 Å². The quantitative estimate of drug-likeness (QED) is 0.719. The summed E-state index contributed by atoms with van der Waals surface area (Å²) in [7, 11) is 0. The molecule has 0 fully saturated rings. The molecule has 0 radical (unpaired) electrons. The first-order chi connectivity index (χ1) is 7.66. The Morgan fingerprint density at radius 1 is 1.50 bits per heavy atom. The van der Waals surface area contributed by atoms with E-state index >= 15 is 0 Å². The third-order valence-corrected chi connectivity index (χ3v) is 1.93. The van der Waals surface area contributed by atoms with Gasteiger partial charge in [0.05, 0.1) is 5.56 Å². The molecule has 0 saturated heterocycles. The van der Waals surface area contributed by atoms with Gasteiger partial charge < -0.3 is 10.1 Å². The Bertz CT molecular complexity index is 511. The second-order valence-corrected chi connectivity index (χ2v) is 3.05. The number of H-pyrrole nitrogens is 1. The van der Waals surface area contributed by atoms with Crippen LogP contribution >= 0.6 is 0 Å². The largest absolute Gasteiger partial charge is 0.507 e. The van der Waals surface area contributed by atoms with Crippen LogP contribution in [0.15, 0.2) is 30.6 Å². The van der Waals surface area contributed by atoms with Crippen LogP contribution in [-0.4, -0.2) is 21.0 Å². The SMILES string of the molecule is O=C(Nc1ncc[nH]1)c1ccc(F)cc1O. The van der Waals surface area contributed by atoms with Gasteiger partial charge >= 0.3 is 0 Å². The molecule has 6 heteroatoms. The average molecular weight is 221 g/mol. The molecule has 1 aromatic carbocycles. The zero-order valence-corrected chi connectivity index (χ0v) is 8.07. The van der Waals surface area contributed by atoms with E-state index in [2.05, 4.69) is 15.3 Å². The number of benzene rings is 1. The molecule has 0 bridgehead atoms. The third kappa shape index (κ3) is 2.00. The van der Waals surface area contributed by atoms with Crippen LogP contribution in [0.5, 0.6) is 5.75 Å². The lowest BCUT2D eigenvalue weighted by Crippen LogP contribution is -2.13. The lowest BCUT2D eigenvalue weighted by molar-refractivity contribution is 0.102. The summed E-state index contributed by atoms with van der Waals surface area (Å²) in [6, 6.07) is 3.16. The van der Waals surface area contributed by atoms with Crippen molar-refractivity contribution >= 4 is 11.9 Å². The van der Waals surface area contributed by atoms with E-state index in [1.54, 1.807) is 6.20 Å². The van der Waals surface area contributed by atoms with E-state index in [1.807, 2.05) is 0 Å². The summed E-state index contributed by atoms with van der Waals surface area (Å²) >= 11 is 0. The fourth-order valence-electron chi connectivity index (χ4n) is 1.21. The van der Waals surface area contributed by atoms with Gasteiger partial charge in [0.25, 0.3) is 5.91 Å². The molecule has 3 N–H and O–H groups in total. The molecule has 0 spiro atoms. The summed E-state index contributed by atoms with van der Waals surface area (Å²) in [6.07, 6.45) is 3.01. The monoisotopic (exact) mass is 221 g/mol. The van der Waals surface area contributed by atoms with E-state index < -0.39 is 17.5 Å². The molecule has 82 valence electrons. The fourth-order valence-corrected chi connectivity index (χ4v) is 1.21. The van der Waals surface area contributed by atoms with Crippen molar-refractivity contribution in [1.82, 2.24) is 9.97 Å². The van der Waals surface area contributed by atoms with Crippen molar-refractivity contribution in [3.8, 4) is 5.75 Å². The Labute approximate surface area is 90.0 Å². The van der Waals surface area contributed by atoms with E-state index in [1.165, 1.54) is 12.3 Å². The summed E-state index contributed by atoms with van der Waals surface area (Å²) in [5.41, 5.74) is -0.0159. The first kappa shape index (κ1) is 10.2. The number of hydrogen-bond acceptors (Lipinski definition) is 3. The summed E-state index contributed by atoms with van der Waals surface area (Å²) in [4.78, 5) is 18.0. The van der Waals surface area contributed by atoms with Gasteiger partial charge in [0.1, 0.15) is 11.6 Å². The highest BCUT2D eigenvalue weighted by atomic mass is 19.1. The first-order valence-corrected chi connectivity index (χ1v) is 4.46. The topological polar surface area (TPSA) is 78.0 Å². The minimum atomic E-state index is -0.605. The van der Waals surface area contributed by atoms with Crippen molar-refractivity contribution in [2.75, 3.05) is 5.32 Å². The van der Waals surface area contributed by atoms with Gasteiger partial charge in [-0.05, 0) is 12.1 Å². The Morgan fingerprint density at radius 3 is 2.94 bits per heavy atom. The number of phenolic OH excluding ortho intramolecular Hbond substituents is 1. The predicted molar refractivity (Wildman–Crippen MR) is 54.6 cm³/mol. The molecule has 5 nitrogen and oxygen atoms in total. The molecule has 0 atom stereocenters. The molecule has 16 heavy (non-hydrogen) atoms. The predicted octanol–water partition coefficient (Wildman–Crippen LogP) is 1.51. The molecular formula is C10H8FN3O2. The molecule has 1 amide bonds. The molecule has 0 aliphatic heterocycles. The molecule has 0 aliphatic rings. The normalized spacial score (nSPS) is 10.1. The number of rotatable bonds is 2.